The predicted octanol–water partition coefficient (Wildman–Crippen LogP) is 2.59. The van der Waals surface area contributed by atoms with E-state index in [0.717, 1.165) is 12.8 Å². The van der Waals surface area contributed by atoms with Crippen LogP contribution in [-0.2, 0) is 11.2 Å². The molecule has 0 bridgehead atoms. The summed E-state index contributed by atoms with van der Waals surface area (Å²) in [5.41, 5.74) is 2.55. The van der Waals surface area contributed by atoms with Gasteiger partial charge in [-0.25, -0.2) is 0 Å². The lowest BCUT2D eigenvalue weighted by Gasteiger charge is -2.14. The Bertz CT molecular complexity index is 679. The van der Waals surface area contributed by atoms with Crippen LogP contribution >= 0.6 is 0 Å². The van der Waals surface area contributed by atoms with Gasteiger partial charge in [-0.1, -0.05) is 24.3 Å². The van der Waals surface area contributed by atoms with E-state index in [4.69, 9.17) is 4.42 Å². The van der Waals surface area contributed by atoms with Gasteiger partial charge in [0, 0.05) is 13.0 Å². The molecule has 1 aromatic carbocycles. The van der Waals surface area contributed by atoms with Crippen molar-refractivity contribution in [1.82, 2.24) is 10.6 Å². The highest BCUT2D eigenvalue weighted by Gasteiger charge is 2.22. The summed E-state index contributed by atoms with van der Waals surface area (Å²) in [6.07, 6.45) is 4.44. The van der Waals surface area contributed by atoms with Crippen LogP contribution < -0.4 is 10.6 Å². The van der Waals surface area contributed by atoms with Crippen LogP contribution in [0.5, 0.6) is 0 Å². The Balaban J connectivity index is 1.38. The van der Waals surface area contributed by atoms with E-state index in [1.165, 1.54) is 17.4 Å². The Hall–Kier alpha value is -2.56. The molecule has 0 spiro atoms. The van der Waals surface area contributed by atoms with Gasteiger partial charge in [0.1, 0.15) is 0 Å². The monoisotopic (exact) mass is 312 g/mol. The maximum atomic E-state index is 12.0. The summed E-state index contributed by atoms with van der Waals surface area (Å²) in [4.78, 5) is 23.7. The van der Waals surface area contributed by atoms with Gasteiger partial charge in [0.15, 0.2) is 5.76 Å². The summed E-state index contributed by atoms with van der Waals surface area (Å²) >= 11 is 0. The molecule has 2 aromatic rings. The lowest BCUT2D eigenvalue weighted by Crippen LogP contribution is -2.29. The van der Waals surface area contributed by atoms with Gasteiger partial charge in [0.05, 0.1) is 12.3 Å². The fourth-order valence-corrected chi connectivity index (χ4v) is 2.92. The molecule has 1 aliphatic carbocycles. The first-order chi connectivity index (χ1) is 11.2. The van der Waals surface area contributed by atoms with Crippen molar-refractivity contribution in [2.45, 2.75) is 31.7 Å². The van der Waals surface area contributed by atoms with Crippen LogP contribution in [0.4, 0.5) is 0 Å². The van der Waals surface area contributed by atoms with E-state index in [2.05, 4.69) is 22.8 Å². The van der Waals surface area contributed by atoms with Crippen molar-refractivity contribution in [1.29, 1.82) is 0 Å². The van der Waals surface area contributed by atoms with Crippen molar-refractivity contribution >= 4 is 11.8 Å². The predicted molar refractivity (Wildman–Crippen MR) is 85.9 cm³/mol. The van der Waals surface area contributed by atoms with Gasteiger partial charge in [-0.05, 0) is 42.5 Å². The average Bonchev–Trinajstić information content (AvgIpc) is 3.22. The highest BCUT2D eigenvalue weighted by Crippen LogP contribution is 2.30. The molecule has 23 heavy (non-hydrogen) atoms. The van der Waals surface area contributed by atoms with E-state index in [1.807, 2.05) is 12.1 Å². The van der Waals surface area contributed by atoms with E-state index >= 15 is 0 Å². The topological polar surface area (TPSA) is 71.3 Å². The van der Waals surface area contributed by atoms with Crippen LogP contribution in [-0.4, -0.2) is 18.4 Å². The number of aryl methyl sites for hydroxylation is 1. The summed E-state index contributed by atoms with van der Waals surface area (Å²) < 4.78 is 5.00. The number of benzene rings is 1. The zero-order chi connectivity index (χ0) is 16.1. The third-order valence-electron chi connectivity index (χ3n) is 4.08. The Morgan fingerprint density at radius 2 is 2.04 bits per heavy atom. The summed E-state index contributed by atoms with van der Waals surface area (Å²) in [5, 5.41) is 5.82. The van der Waals surface area contributed by atoms with E-state index in [1.54, 1.807) is 12.1 Å². The number of amides is 2. The van der Waals surface area contributed by atoms with Gasteiger partial charge in [-0.3, -0.25) is 9.59 Å². The minimum absolute atomic E-state index is 0.0268. The second-order valence-corrected chi connectivity index (χ2v) is 5.69. The van der Waals surface area contributed by atoms with Crippen LogP contribution in [0.2, 0.25) is 0 Å². The molecule has 1 unspecified atom stereocenters. The molecule has 0 aliphatic heterocycles. The second kappa shape index (κ2) is 7.13. The number of furan rings is 1. The minimum Gasteiger partial charge on any atom is -0.459 e. The highest BCUT2D eigenvalue weighted by molar-refractivity contribution is 5.91. The standard InChI is InChI=1S/C18H20N2O3/c21-17(8-3-11-19-18(22)16-7-4-12-23-16)20-15-10-9-13-5-1-2-6-14(13)15/h1-2,4-7,12,15H,3,8-11H2,(H,19,22)(H,20,21). The minimum atomic E-state index is -0.250. The third kappa shape index (κ3) is 3.80. The third-order valence-corrected chi connectivity index (χ3v) is 4.08. The quantitative estimate of drug-likeness (QED) is 0.805. The van der Waals surface area contributed by atoms with Crippen LogP contribution in [0.3, 0.4) is 0 Å². The van der Waals surface area contributed by atoms with Crippen molar-refractivity contribution in [2.24, 2.45) is 0 Å². The fraction of sp³-hybridized carbons (Fsp3) is 0.333. The van der Waals surface area contributed by atoms with Crippen molar-refractivity contribution < 1.29 is 14.0 Å². The van der Waals surface area contributed by atoms with Gasteiger partial charge < -0.3 is 15.1 Å². The summed E-state index contributed by atoms with van der Waals surface area (Å²) in [5.74, 6) is 0.0658. The fourth-order valence-electron chi connectivity index (χ4n) is 2.92. The molecule has 120 valence electrons. The molecule has 5 nitrogen and oxygen atoms in total. The van der Waals surface area contributed by atoms with Crippen LogP contribution in [0.1, 0.15) is 47.0 Å². The lowest BCUT2D eigenvalue weighted by atomic mass is 10.1. The normalized spacial score (nSPS) is 15.9. The van der Waals surface area contributed by atoms with Crippen molar-refractivity contribution in [2.75, 3.05) is 6.54 Å². The first-order valence-electron chi connectivity index (χ1n) is 7.93. The first kappa shape index (κ1) is 15.3. The zero-order valence-electron chi connectivity index (χ0n) is 12.9. The maximum absolute atomic E-state index is 12.0. The molecule has 2 N–H and O–H groups in total. The molecule has 0 saturated carbocycles. The number of carbonyl (C=O) groups is 2. The number of carbonyl (C=O) groups excluding carboxylic acids is 2. The Kier molecular flexibility index (Phi) is 4.76. The number of hydrogen-bond acceptors (Lipinski definition) is 3. The van der Waals surface area contributed by atoms with Crippen LogP contribution in [0.15, 0.2) is 47.1 Å². The number of fused-ring (bicyclic) bond motifs is 1. The van der Waals surface area contributed by atoms with Crippen LogP contribution in [0, 0.1) is 0 Å². The molecule has 1 atom stereocenters. The highest BCUT2D eigenvalue weighted by atomic mass is 16.3. The molecule has 0 fully saturated rings. The van der Waals surface area contributed by atoms with E-state index < -0.39 is 0 Å². The smallest absolute Gasteiger partial charge is 0.286 e. The van der Waals surface area contributed by atoms with Gasteiger partial charge in [-0.2, -0.15) is 0 Å². The Morgan fingerprint density at radius 1 is 1.17 bits per heavy atom. The Labute approximate surface area is 135 Å². The van der Waals surface area contributed by atoms with Crippen molar-refractivity contribution in [3.8, 4) is 0 Å². The molecule has 1 heterocycles. The Morgan fingerprint density at radius 3 is 2.87 bits per heavy atom. The number of hydrogen-bond donors (Lipinski definition) is 2. The molecular weight excluding hydrogens is 292 g/mol. The molecule has 2 amide bonds. The molecule has 1 aliphatic rings. The maximum Gasteiger partial charge on any atom is 0.286 e. The van der Waals surface area contributed by atoms with E-state index in [9.17, 15) is 9.59 Å². The molecule has 5 heteroatoms. The molecule has 0 radical (unpaired) electrons. The van der Waals surface area contributed by atoms with Crippen molar-refractivity contribution in [3.63, 3.8) is 0 Å². The molecule has 0 saturated heterocycles. The lowest BCUT2D eigenvalue weighted by molar-refractivity contribution is -0.121. The van der Waals surface area contributed by atoms with Crippen LogP contribution in [0.25, 0.3) is 0 Å². The molecule has 1 aromatic heterocycles. The second-order valence-electron chi connectivity index (χ2n) is 5.69. The summed E-state index contributed by atoms with van der Waals surface area (Å²) in [6.45, 7) is 0.453. The van der Waals surface area contributed by atoms with E-state index in [-0.39, 0.29) is 23.6 Å². The molecular formula is C18H20N2O3. The van der Waals surface area contributed by atoms with Gasteiger partial charge in [0.2, 0.25) is 5.91 Å². The largest absolute Gasteiger partial charge is 0.459 e. The summed E-state index contributed by atoms with van der Waals surface area (Å²) in [6, 6.07) is 11.6. The zero-order valence-corrected chi connectivity index (χ0v) is 12.9. The first-order valence-corrected chi connectivity index (χ1v) is 7.93. The summed E-state index contributed by atoms with van der Waals surface area (Å²) in [7, 11) is 0. The SMILES string of the molecule is O=C(CCCNC(=O)c1ccco1)NC1CCc2ccccc21. The number of nitrogens with one attached hydrogen (secondary N) is 2. The van der Waals surface area contributed by atoms with Gasteiger partial charge in [-0.15, -0.1) is 0 Å². The van der Waals surface area contributed by atoms with E-state index in [0.29, 0.717) is 19.4 Å². The number of rotatable bonds is 6. The average molecular weight is 312 g/mol. The van der Waals surface area contributed by atoms with Crippen molar-refractivity contribution in [3.05, 3.63) is 59.5 Å². The van der Waals surface area contributed by atoms with Gasteiger partial charge >= 0.3 is 0 Å². The molecule has 3 rings (SSSR count). The van der Waals surface area contributed by atoms with Gasteiger partial charge in [0.25, 0.3) is 5.91 Å².